The number of rotatable bonds is 2. The van der Waals surface area contributed by atoms with E-state index >= 15 is 0 Å². The maximum absolute atomic E-state index is 11.9. The molecule has 104 valence electrons. The number of hydrogen-bond donors (Lipinski definition) is 1. The minimum Gasteiger partial charge on any atom is -0.481 e. The topological polar surface area (TPSA) is 76.1 Å². The molecule has 6 heteroatoms. The second-order valence-corrected chi connectivity index (χ2v) is 5.55. The van der Waals surface area contributed by atoms with Crippen molar-refractivity contribution in [1.29, 1.82) is 0 Å². The average Bonchev–Trinajstić information content (AvgIpc) is 2.12. The van der Waals surface area contributed by atoms with Crippen molar-refractivity contribution < 1.29 is 24.2 Å². The van der Waals surface area contributed by atoms with E-state index in [4.69, 9.17) is 14.6 Å². The molecule has 0 aromatic heterocycles. The fourth-order valence-electron chi connectivity index (χ4n) is 1.83. The number of amides is 1. The molecular weight excluding hydrogens is 238 g/mol. The first kappa shape index (κ1) is 14.8. The van der Waals surface area contributed by atoms with Crippen LogP contribution >= 0.6 is 0 Å². The molecule has 0 spiro atoms. The lowest BCUT2D eigenvalue weighted by Crippen LogP contribution is -2.51. The number of nitrogens with zero attached hydrogens (tertiary/aromatic N) is 1. The zero-order valence-electron chi connectivity index (χ0n) is 11.3. The van der Waals surface area contributed by atoms with Gasteiger partial charge in [-0.25, -0.2) is 4.79 Å². The molecule has 1 rings (SSSR count). The molecule has 0 saturated carbocycles. The molecule has 0 aromatic rings. The van der Waals surface area contributed by atoms with Crippen LogP contribution in [0.25, 0.3) is 0 Å². The lowest BCUT2D eigenvalue weighted by atomic mass is 10.1. The number of hydrogen-bond acceptors (Lipinski definition) is 4. The van der Waals surface area contributed by atoms with E-state index in [1.165, 1.54) is 4.90 Å². The first-order chi connectivity index (χ1) is 8.17. The van der Waals surface area contributed by atoms with Gasteiger partial charge in [-0.1, -0.05) is 0 Å². The van der Waals surface area contributed by atoms with Crippen LogP contribution in [0.2, 0.25) is 0 Å². The molecule has 6 nitrogen and oxygen atoms in total. The summed E-state index contributed by atoms with van der Waals surface area (Å²) in [6.07, 6.45) is -1.19. The minimum atomic E-state index is -0.932. The molecule has 2 atom stereocenters. The fourth-order valence-corrected chi connectivity index (χ4v) is 1.83. The Morgan fingerprint density at radius 3 is 2.50 bits per heavy atom. The fraction of sp³-hybridized carbons (Fsp3) is 0.833. The number of morpholine rings is 1. The number of ether oxygens (including phenoxy) is 2. The third-order valence-corrected chi connectivity index (χ3v) is 2.38. The van der Waals surface area contributed by atoms with Crippen molar-refractivity contribution in [2.24, 2.45) is 0 Å². The summed E-state index contributed by atoms with van der Waals surface area (Å²) in [6.45, 7) is 7.87. The molecule has 1 aliphatic rings. The summed E-state index contributed by atoms with van der Waals surface area (Å²) >= 11 is 0. The summed E-state index contributed by atoms with van der Waals surface area (Å²) in [5, 5.41) is 8.75. The van der Waals surface area contributed by atoms with E-state index in [1.54, 1.807) is 20.8 Å². The lowest BCUT2D eigenvalue weighted by Gasteiger charge is -2.37. The lowest BCUT2D eigenvalue weighted by molar-refractivity contribution is -0.144. The van der Waals surface area contributed by atoms with Crippen molar-refractivity contribution in [2.75, 3.05) is 13.1 Å². The van der Waals surface area contributed by atoms with E-state index in [-0.39, 0.29) is 19.1 Å². The highest BCUT2D eigenvalue weighted by atomic mass is 16.6. The van der Waals surface area contributed by atoms with Gasteiger partial charge in [0.05, 0.1) is 31.7 Å². The molecule has 2 unspecified atom stereocenters. The number of aliphatic carboxylic acids is 1. The molecular formula is C12H21NO5. The Morgan fingerprint density at radius 1 is 1.39 bits per heavy atom. The molecule has 1 saturated heterocycles. The Kier molecular flexibility index (Phi) is 4.56. The van der Waals surface area contributed by atoms with E-state index in [0.29, 0.717) is 6.54 Å². The summed E-state index contributed by atoms with van der Waals surface area (Å²) in [5.74, 6) is -0.932. The van der Waals surface area contributed by atoms with Gasteiger partial charge in [0, 0.05) is 0 Å². The predicted octanol–water partition coefficient (Wildman–Crippen LogP) is 1.49. The standard InChI is InChI=1S/C12H21NO5/c1-8-6-13(11(16)18-12(2,3)4)7-9(17-8)5-10(14)15/h8-9H,5-7H2,1-4H3,(H,14,15). The monoisotopic (exact) mass is 259 g/mol. The van der Waals surface area contributed by atoms with E-state index in [2.05, 4.69) is 0 Å². The number of carbonyl (C=O) groups excluding carboxylic acids is 1. The van der Waals surface area contributed by atoms with Gasteiger partial charge in [-0.05, 0) is 27.7 Å². The Balaban J connectivity index is 2.60. The van der Waals surface area contributed by atoms with Crippen LogP contribution in [0.4, 0.5) is 4.79 Å². The Morgan fingerprint density at radius 2 is 2.00 bits per heavy atom. The van der Waals surface area contributed by atoms with Crippen molar-refractivity contribution >= 4 is 12.1 Å². The summed E-state index contributed by atoms with van der Waals surface area (Å²) in [6, 6.07) is 0. The molecule has 1 N–H and O–H groups in total. The Hall–Kier alpha value is -1.30. The van der Waals surface area contributed by atoms with Gasteiger partial charge in [0.2, 0.25) is 0 Å². The van der Waals surface area contributed by atoms with Gasteiger partial charge in [0.25, 0.3) is 0 Å². The van der Waals surface area contributed by atoms with Crippen LogP contribution < -0.4 is 0 Å². The maximum atomic E-state index is 11.9. The summed E-state index contributed by atoms with van der Waals surface area (Å²) < 4.78 is 10.7. The van der Waals surface area contributed by atoms with Crippen LogP contribution in [0.15, 0.2) is 0 Å². The number of carboxylic acids is 1. The molecule has 0 aliphatic carbocycles. The smallest absolute Gasteiger partial charge is 0.410 e. The largest absolute Gasteiger partial charge is 0.481 e. The SMILES string of the molecule is CC1CN(C(=O)OC(C)(C)C)CC(CC(=O)O)O1. The zero-order valence-corrected chi connectivity index (χ0v) is 11.3. The van der Waals surface area contributed by atoms with E-state index in [0.717, 1.165) is 0 Å². The van der Waals surface area contributed by atoms with Crippen LogP contribution in [-0.2, 0) is 14.3 Å². The maximum Gasteiger partial charge on any atom is 0.410 e. The Labute approximate surface area is 107 Å². The highest BCUT2D eigenvalue weighted by Crippen LogP contribution is 2.17. The van der Waals surface area contributed by atoms with Crippen LogP contribution in [0.5, 0.6) is 0 Å². The van der Waals surface area contributed by atoms with Crippen LogP contribution in [0, 0.1) is 0 Å². The van der Waals surface area contributed by atoms with Crippen molar-refractivity contribution in [2.45, 2.75) is 51.9 Å². The highest BCUT2D eigenvalue weighted by molar-refractivity contribution is 5.69. The molecule has 1 fully saturated rings. The van der Waals surface area contributed by atoms with Crippen molar-refractivity contribution in [3.05, 3.63) is 0 Å². The van der Waals surface area contributed by atoms with E-state index in [1.807, 2.05) is 6.92 Å². The second kappa shape index (κ2) is 5.56. The van der Waals surface area contributed by atoms with Gasteiger partial charge >= 0.3 is 12.1 Å². The van der Waals surface area contributed by atoms with Gasteiger partial charge in [0.15, 0.2) is 0 Å². The molecule has 1 amide bonds. The van der Waals surface area contributed by atoms with Gasteiger partial charge < -0.3 is 19.5 Å². The van der Waals surface area contributed by atoms with Gasteiger partial charge in [-0.3, -0.25) is 4.79 Å². The third-order valence-electron chi connectivity index (χ3n) is 2.38. The highest BCUT2D eigenvalue weighted by Gasteiger charge is 2.32. The molecule has 0 aromatic carbocycles. The van der Waals surface area contributed by atoms with E-state index < -0.39 is 23.8 Å². The summed E-state index contributed by atoms with van der Waals surface area (Å²) in [4.78, 5) is 24.1. The molecule has 0 bridgehead atoms. The van der Waals surface area contributed by atoms with Gasteiger partial charge in [-0.15, -0.1) is 0 Å². The van der Waals surface area contributed by atoms with Gasteiger partial charge in [-0.2, -0.15) is 0 Å². The first-order valence-corrected chi connectivity index (χ1v) is 6.02. The zero-order chi connectivity index (χ0) is 13.9. The summed E-state index contributed by atoms with van der Waals surface area (Å²) in [7, 11) is 0. The molecule has 18 heavy (non-hydrogen) atoms. The average molecular weight is 259 g/mol. The van der Waals surface area contributed by atoms with Crippen LogP contribution in [0.1, 0.15) is 34.1 Å². The normalized spacial score (nSPS) is 24.8. The second-order valence-electron chi connectivity index (χ2n) is 5.55. The van der Waals surface area contributed by atoms with Crippen molar-refractivity contribution in [3.8, 4) is 0 Å². The quantitative estimate of drug-likeness (QED) is 0.813. The van der Waals surface area contributed by atoms with Crippen molar-refractivity contribution in [1.82, 2.24) is 4.90 Å². The summed E-state index contributed by atoms with van der Waals surface area (Å²) in [5.41, 5.74) is -0.555. The molecule has 1 heterocycles. The van der Waals surface area contributed by atoms with Crippen LogP contribution in [0.3, 0.4) is 0 Å². The minimum absolute atomic E-state index is 0.108. The first-order valence-electron chi connectivity index (χ1n) is 6.02. The van der Waals surface area contributed by atoms with Crippen LogP contribution in [-0.4, -0.2) is 53.0 Å². The number of carbonyl (C=O) groups is 2. The third kappa shape index (κ3) is 4.91. The van der Waals surface area contributed by atoms with Crippen molar-refractivity contribution in [3.63, 3.8) is 0 Å². The van der Waals surface area contributed by atoms with E-state index in [9.17, 15) is 9.59 Å². The predicted molar refractivity (Wildman–Crippen MR) is 64.4 cm³/mol. The Bertz CT molecular complexity index is 323. The molecule has 0 radical (unpaired) electrons. The molecule has 1 aliphatic heterocycles. The van der Waals surface area contributed by atoms with Gasteiger partial charge in [0.1, 0.15) is 5.60 Å². The number of carboxylic acid groups (broad SMARTS) is 1.